The molecule has 0 atom stereocenters. The Morgan fingerprint density at radius 2 is 1.52 bits per heavy atom. The van der Waals surface area contributed by atoms with E-state index in [9.17, 15) is 9.59 Å². The lowest BCUT2D eigenvalue weighted by Gasteiger charge is -2.08. The summed E-state index contributed by atoms with van der Waals surface area (Å²) in [4.78, 5) is 22.6. The number of nitrogens with two attached hydrogens (primary N) is 2. The van der Waals surface area contributed by atoms with Gasteiger partial charge in [0, 0.05) is 6.20 Å². The third-order valence-corrected chi connectivity index (χ3v) is 4.26. The maximum atomic E-state index is 11.5. The minimum atomic E-state index is -0.817. The van der Waals surface area contributed by atoms with Gasteiger partial charge in [0.2, 0.25) is 0 Å². The minimum absolute atomic E-state index is 0.0309. The van der Waals surface area contributed by atoms with Crippen molar-refractivity contribution in [3.63, 3.8) is 0 Å². The standard InChI is InChI=1S/C20H21N5O2/c1-12(2)13-3-5-14(6-4-13)15-7-9-16(10-8-15)25-11-17(18(21)26)19(24-25)23-20(22)27/h3-12H,1-2H3,(H2,21,26)(H3,22,23,24,27). The number of aromatic nitrogens is 2. The monoisotopic (exact) mass is 363 g/mol. The number of carbonyl (C=O) groups excluding carboxylic acids is 2. The number of hydrogen-bond donors (Lipinski definition) is 3. The van der Waals surface area contributed by atoms with Crippen LogP contribution in [0.4, 0.5) is 10.6 Å². The highest BCUT2D eigenvalue weighted by Gasteiger charge is 2.16. The van der Waals surface area contributed by atoms with Crippen molar-refractivity contribution < 1.29 is 9.59 Å². The van der Waals surface area contributed by atoms with Gasteiger partial charge in [0.15, 0.2) is 5.82 Å². The van der Waals surface area contributed by atoms with Gasteiger partial charge in [-0.1, -0.05) is 50.2 Å². The molecule has 0 fully saturated rings. The van der Waals surface area contributed by atoms with Crippen molar-refractivity contribution in [2.45, 2.75) is 19.8 Å². The largest absolute Gasteiger partial charge is 0.365 e. The highest BCUT2D eigenvalue weighted by molar-refractivity contribution is 6.01. The summed E-state index contributed by atoms with van der Waals surface area (Å²) in [5, 5.41) is 6.48. The van der Waals surface area contributed by atoms with E-state index in [1.165, 1.54) is 16.4 Å². The van der Waals surface area contributed by atoms with Crippen molar-refractivity contribution in [2.24, 2.45) is 11.5 Å². The molecule has 0 spiro atoms. The fourth-order valence-corrected chi connectivity index (χ4v) is 2.76. The number of hydrogen-bond acceptors (Lipinski definition) is 3. The lowest BCUT2D eigenvalue weighted by molar-refractivity contribution is 0.100. The highest BCUT2D eigenvalue weighted by atomic mass is 16.2. The number of anilines is 1. The molecule has 0 aliphatic carbocycles. The van der Waals surface area contributed by atoms with Crippen molar-refractivity contribution >= 4 is 17.8 Å². The van der Waals surface area contributed by atoms with Crippen LogP contribution in [0.15, 0.2) is 54.7 Å². The van der Waals surface area contributed by atoms with Crippen LogP contribution < -0.4 is 16.8 Å². The molecule has 0 aliphatic heterocycles. The van der Waals surface area contributed by atoms with E-state index < -0.39 is 11.9 Å². The second-order valence-electron chi connectivity index (χ2n) is 6.51. The molecule has 0 radical (unpaired) electrons. The Bertz CT molecular complexity index is 973. The number of benzene rings is 2. The summed E-state index contributed by atoms with van der Waals surface area (Å²) in [6, 6.07) is 15.3. The molecule has 0 saturated carbocycles. The zero-order chi connectivity index (χ0) is 19.6. The molecule has 7 nitrogen and oxygen atoms in total. The predicted molar refractivity (Wildman–Crippen MR) is 105 cm³/mol. The van der Waals surface area contributed by atoms with Crippen LogP contribution >= 0.6 is 0 Å². The summed E-state index contributed by atoms with van der Waals surface area (Å²) in [5.41, 5.74) is 14.7. The molecule has 0 bridgehead atoms. The number of rotatable bonds is 5. The van der Waals surface area contributed by atoms with E-state index in [-0.39, 0.29) is 11.4 Å². The smallest absolute Gasteiger partial charge is 0.317 e. The van der Waals surface area contributed by atoms with E-state index in [1.807, 2.05) is 24.3 Å². The Hall–Kier alpha value is -3.61. The van der Waals surface area contributed by atoms with Gasteiger partial charge in [-0.2, -0.15) is 0 Å². The number of nitrogens with zero attached hydrogens (tertiary/aromatic N) is 2. The molecule has 0 saturated heterocycles. The average molecular weight is 363 g/mol. The van der Waals surface area contributed by atoms with Gasteiger partial charge in [0.05, 0.1) is 5.69 Å². The summed E-state index contributed by atoms with van der Waals surface area (Å²) >= 11 is 0. The normalized spacial score (nSPS) is 10.8. The SMILES string of the molecule is CC(C)c1ccc(-c2ccc(-n3cc(C(N)=O)c(NC(N)=O)n3)cc2)cc1. The third kappa shape index (κ3) is 3.98. The number of carbonyl (C=O) groups is 2. The van der Waals surface area contributed by atoms with Crippen LogP contribution in [0.25, 0.3) is 16.8 Å². The lowest BCUT2D eigenvalue weighted by atomic mass is 9.99. The maximum absolute atomic E-state index is 11.5. The van der Waals surface area contributed by atoms with E-state index in [2.05, 4.69) is 48.5 Å². The molecular weight excluding hydrogens is 342 g/mol. The van der Waals surface area contributed by atoms with Gasteiger partial charge in [-0.25, -0.2) is 9.48 Å². The third-order valence-electron chi connectivity index (χ3n) is 4.26. The first-order valence-corrected chi connectivity index (χ1v) is 8.52. The molecule has 1 aromatic heterocycles. The molecule has 1 heterocycles. The topological polar surface area (TPSA) is 116 Å². The van der Waals surface area contributed by atoms with Crippen LogP contribution in [-0.2, 0) is 0 Å². The number of primary amides is 2. The molecule has 3 amide bonds. The van der Waals surface area contributed by atoms with E-state index >= 15 is 0 Å². The second kappa shape index (κ2) is 7.33. The summed E-state index contributed by atoms with van der Waals surface area (Å²) in [6.07, 6.45) is 1.46. The van der Waals surface area contributed by atoms with Crippen LogP contribution in [0, 0.1) is 0 Å². The van der Waals surface area contributed by atoms with Crippen LogP contribution in [0.1, 0.15) is 35.7 Å². The van der Waals surface area contributed by atoms with Crippen molar-refractivity contribution in [1.29, 1.82) is 0 Å². The highest BCUT2D eigenvalue weighted by Crippen LogP contribution is 2.24. The van der Waals surface area contributed by atoms with Crippen molar-refractivity contribution in [3.8, 4) is 16.8 Å². The van der Waals surface area contributed by atoms with Crippen LogP contribution in [-0.4, -0.2) is 21.7 Å². The van der Waals surface area contributed by atoms with Gasteiger partial charge in [0.1, 0.15) is 5.56 Å². The maximum Gasteiger partial charge on any atom is 0.317 e. The Labute approximate surface area is 157 Å². The molecule has 138 valence electrons. The van der Waals surface area contributed by atoms with Crippen LogP contribution in [0.5, 0.6) is 0 Å². The second-order valence-corrected chi connectivity index (χ2v) is 6.51. The van der Waals surface area contributed by atoms with E-state index in [0.29, 0.717) is 5.92 Å². The van der Waals surface area contributed by atoms with Gasteiger partial charge in [-0.15, -0.1) is 5.10 Å². The molecule has 2 aromatic carbocycles. The zero-order valence-electron chi connectivity index (χ0n) is 15.1. The van der Waals surface area contributed by atoms with Gasteiger partial charge in [-0.05, 0) is 34.7 Å². The number of nitrogens with one attached hydrogen (secondary N) is 1. The number of urea groups is 1. The average Bonchev–Trinajstić information content (AvgIpc) is 3.05. The van der Waals surface area contributed by atoms with Gasteiger partial charge < -0.3 is 11.5 Å². The van der Waals surface area contributed by atoms with Crippen molar-refractivity contribution in [3.05, 3.63) is 65.9 Å². The molecular formula is C20H21N5O2. The molecule has 3 aromatic rings. The lowest BCUT2D eigenvalue weighted by Crippen LogP contribution is -2.22. The van der Waals surface area contributed by atoms with Gasteiger partial charge in [-0.3, -0.25) is 10.1 Å². The fourth-order valence-electron chi connectivity index (χ4n) is 2.76. The quantitative estimate of drug-likeness (QED) is 0.646. The predicted octanol–water partition coefficient (Wildman–Crippen LogP) is 3.25. The molecule has 0 aliphatic rings. The molecule has 7 heteroatoms. The van der Waals surface area contributed by atoms with E-state index in [1.54, 1.807) is 0 Å². The molecule has 5 N–H and O–H groups in total. The Morgan fingerprint density at radius 1 is 0.963 bits per heavy atom. The molecule has 3 rings (SSSR count). The molecule has 0 unspecified atom stereocenters. The first-order chi connectivity index (χ1) is 12.8. The van der Waals surface area contributed by atoms with Gasteiger partial charge in [0.25, 0.3) is 5.91 Å². The van der Waals surface area contributed by atoms with E-state index in [0.717, 1.165) is 16.8 Å². The first-order valence-electron chi connectivity index (χ1n) is 8.52. The van der Waals surface area contributed by atoms with Crippen LogP contribution in [0.2, 0.25) is 0 Å². The zero-order valence-corrected chi connectivity index (χ0v) is 15.1. The Balaban J connectivity index is 1.89. The minimum Gasteiger partial charge on any atom is -0.365 e. The van der Waals surface area contributed by atoms with Gasteiger partial charge >= 0.3 is 6.03 Å². The summed E-state index contributed by atoms with van der Waals surface area (Å²) < 4.78 is 1.47. The summed E-state index contributed by atoms with van der Waals surface area (Å²) in [7, 11) is 0. The summed E-state index contributed by atoms with van der Waals surface area (Å²) in [5.74, 6) is -0.181. The van der Waals surface area contributed by atoms with Crippen molar-refractivity contribution in [1.82, 2.24) is 9.78 Å². The number of amides is 3. The Kier molecular flexibility index (Phi) is 4.94. The van der Waals surface area contributed by atoms with E-state index in [4.69, 9.17) is 11.5 Å². The summed E-state index contributed by atoms with van der Waals surface area (Å²) in [6.45, 7) is 4.32. The Morgan fingerprint density at radius 3 is 2.00 bits per heavy atom. The first kappa shape index (κ1) is 18.2. The van der Waals surface area contributed by atoms with Crippen molar-refractivity contribution in [2.75, 3.05) is 5.32 Å². The van der Waals surface area contributed by atoms with Crippen LogP contribution in [0.3, 0.4) is 0 Å². The molecule has 27 heavy (non-hydrogen) atoms. The fraction of sp³-hybridized carbons (Fsp3) is 0.150.